The largest absolute Gasteiger partial charge is 0.493 e. The summed E-state index contributed by atoms with van der Waals surface area (Å²) in [6.07, 6.45) is 6.64. The first-order valence-corrected chi connectivity index (χ1v) is 12.7. The molecule has 3 fully saturated rings. The number of carbonyl (C=O) groups excluding carboxylic acids is 2. The molecule has 1 unspecified atom stereocenters. The molecule has 1 atom stereocenters. The minimum atomic E-state index is -1.00. The number of hydrogen-bond acceptors (Lipinski definition) is 5. The number of nitrogens with two attached hydrogens (primary N) is 1. The van der Waals surface area contributed by atoms with E-state index in [-0.39, 0.29) is 18.1 Å². The predicted molar refractivity (Wildman–Crippen MR) is 135 cm³/mol. The van der Waals surface area contributed by atoms with Crippen LogP contribution in [0.4, 0.5) is 5.69 Å². The quantitative estimate of drug-likeness (QED) is 0.588. The summed E-state index contributed by atoms with van der Waals surface area (Å²) < 4.78 is 11.9. The molecule has 35 heavy (non-hydrogen) atoms. The summed E-state index contributed by atoms with van der Waals surface area (Å²) in [6.45, 7) is 1.90. The summed E-state index contributed by atoms with van der Waals surface area (Å²) >= 11 is 0. The van der Waals surface area contributed by atoms with Gasteiger partial charge in [-0.1, -0.05) is 30.3 Å². The second-order valence-corrected chi connectivity index (χ2v) is 10.1. The Morgan fingerprint density at radius 1 is 1.03 bits per heavy atom. The number of anilines is 1. The molecule has 1 saturated heterocycles. The van der Waals surface area contributed by atoms with Crippen molar-refractivity contribution in [2.24, 2.45) is 11.1 Å². The van der Waals surface area contributed by atoms with Crippen LogP contribution in [0.25, 0.3) is 0 Å². The summed E-state index contributed by atoms with van der Waals surface area (Å²) in [6, 6.07) is 16.2. The van der Waals surface area contributed by atoms with Gasteiger partial charge in [0.2, 0.25) is 11.8 Å². The number of carbonyl (C=O) groups is 2. The van der Waals surface area contributed by atoms with Crippen LogP contribution >= 0.6 is 0 Å². The smallest absolute Gasteiger partial charge is 0.238 e. The molecule has 2 aliphatic carbocycles. The lowest BCUT2D eigenvalue weighted by molar-refractivity contribution is -0.145. The Morgan fingerprint density at radius 2 is 1.77 bits per heavy atom. The molecule has 2 N–H and O–H groups in total. The highest BCUT2D eigenvalue weighted by atomic mass is 16.5. The first-order valence-electron chi connectivity index (χ1n) is 12.7. The number of ether oxygens (including phenoxy) is 2. The van der Waals surface area contributed by atoms with Crippen molar-refractivity contribution in [1.82, 2.24) is 4.90 Å². The molecular weight excluding hydrogens is 442 g/mol. The van der Waals surface area contributed by atoms with Crippen LogP contribution in [0.2, 0.25) is 0 Å². The average molecular weight is 478 g/mol. The van der Waals surface area contributed by atoms with Crippen molar-refractivity contribution >= 4 is 17.5 Å². The predicted octanol–water partition coefficient (Wildman–Crippen LogP) is 3.54. The van der Waals surface area contributed by atoms with Crippen molar-refractivity contribution in [3.05, 3.63) is 54.1 Å². The zero-order valence-corrected chi connectivity index (χ0v) is 20.4. The van der Waals surface area contributed by atoms with Crippen LogP contribution in [0.3, 0.4) is 0 Å². The van der Waals surface area contributed by atoms with Gasteiger partial charge in [-0.05, 0) is 62.6 Å². The molecule has 0 spiro atoms. The van der Waals surface area contributed by atoms with Crippen molar-refractivity contribution < 1.29 is 19.1 Å². The van der Waals surface area contributed by atoms with Crippen LogP contribution in [0.5, 0.6) is 11.5 Å². The highest BCUT2D eigenvalue weighted by Gasteiger charge is 2.58. The van der Waals surface area contributed by atoms with Crippen LogP contribution in [0.15, 0.2) is 48.5 Å². The third-order valence-corrected chi connectivity index (χ3v) is 7.80. The molecule has 0 bridgehead atoms. The summed E-state index contributed by atoms with van der Waals surface area (Å²) in [5.74, 6) is 0.922. The molecule has 0 radical (unpaired) electrons. The Labute approximate surface area is 207 Å². The van der Waals surface area contributed by atoms with Gasteiger partial charge in [-0.25, -0.2) is 0 Å². The lowest BCUT2D eigenvalue weighted by Gasteiger charge is -2.43. The number of amides is 2. The molecule has 2 saturated carbocycles. The highest BCUT2D eigenvalue weighted by molar-refractivity contribution is 6.07. The van der Waals surface area contributed by atoms with E-state index in [0.717, 1.165) is 36.4 Å². The maximum Gasteiger partial charge on any atom is 0.238 e. The number of methoxy groups -OCH3 is 1. The van der Waals surface area contributed by atoms with Gasteiger partial charge >= 0.3 is 0 Å². The Kier molecular flexibility index (Phi) is 6.58. The molecule has 2 aromatic carbocycles. The van der Waals surface area contributed by atoms with E-state index in [0.29, 0.717) is 32.5 Å². The molecule has 1 aliphatic heterocycles. The summed E-state index contributed by atoms with van der Waals surface area (Å²) in [4.78, 5) is 29.8. The monoisotopic (exact) mass is 477 g/mol. The van der Waals surface area contributed by atoms with E-state index >= 15 is 0 Å². The van der Waals surface area contributed by atoms with Crippen LogP contribution in [0.1, 0.15) is 44.1 Å². The third kappa shape index (κ3) is 4.81. The van der Waals surface area contributed by atoms with Gasteiger partial charge in [-0.15, -0.1) is 0 Å². The second-order valence-electron chi connectivity index (χ2n) is 10.1. The molecule has 7 heteroatoms. The van der Waals surface area contributed by atoms with Crippen molar-refractivity contribution in [3.63, 3.8) is 0 Å². The molecule has 186 valence electrons. The maximum atomic E-state index is 13.5. The Balaban J connectivity index is 1.38. The number of benzene rings is 2. The molecule has 2 amide bonds. The topological polar surface area (TPSA) is 85.1 Å². The SMILES string of the molecule is COc1ccc(N2CCN(C(=O)C3(C(N)=O)CC3)C(Cc3ccccc3)C2)cc1OC1CCCC1. The van der Waals surface area contributed by atoms with Gasteiger partial charge in [0.25, 0.3) is 0 Å². The summed E-state index contributed by atoms with van der Waals surface area (Å²) in [5.41, 5.74) is 6.87. The standard InChI is InChI=1S/C28H35N3O4/c1-34-24-12-11-21(18-25(24)35-23-9-5-6-10-23)30-15-16-31(27(33)28(13-14-28)26(29)32)22(19-30)17-20-7-3-2-4-8-20/h2-4,7-8,11-12,18,22-23H,5-6,9-10,13-17,19H2,1H3,(H2,29,32). The van der Waals surface area contributed by atoms with Crippen LogP contribution < -0.4 is 20.1 Å². The number of primary amides is 1. The number of rotatable bonds is 8. The van der Waals surface area contributed by atoms with Crippen molar-refractivity contribution in [3.8, 4) is 11.5 Å². The average Bonchev–Trinajstić information content (AvgIpc) is 3.55. The summed E-state index contributed by atoms with van der Waals surface area (Å²) in [5, 5.41) is 0. The van der Waals surface area contributed by atoms with E-state index in [1.54, 1.807) is 7.11 Å². The van der Waals surface area contributed by atoms with Gasteiger partial charge < -0.3 is 25.0 Å². The molecule has 5 rings (SSSR count). The first-order chi connectivity index (χ1) is 17.0. The Bertz CT molecular complexity index is 1060. The third-order valence-electron chi connectivity index (χ3n) is 7.80. The van der Waals surface area contributed by atoms with Crippen LogP contribution in [0, 0.1) is 5.41 Å². The van der Waals surface area contributed by atoms with Crippen molar-refractivity contribution in [2.75, 3.05) is 31.6 Å². The fourth-order valence-electron chi connectivity index (χ4n) is 5.52. The van der Waals surface area contributed by atoms with Gasteiger partial charge in [0.1, 0.15) is 5.41 Å². The van der Waals surface area contributed by atoms with Crippen LogP contribution in [-0.2, 0) is 16.0 Å². The minimum absolute atomic E-state index is 0.0585. The van der Waals surface area contributed by atoms with E-state index in [2.05, 4.69) is 29.2 Å². The fourth-order valence-corrected chi connectivity index (χ4v) is 5.52. The van der Waals surface area contributed by atoms with Crippen LogP contribution in [-0.4, -0.2) is 55.6 Å². The number of nitrogens with zero attached hydrogens (tertiary/aromatic N) is 2. The van der Waals surface area contributed by atoms with Crippen molar-refractivity contribution in [2.45, 2.75) is 57.1 Å². The molecule has 7 nitrogen and oxygen atoms in total. The molecule has 3 aliphatic rings. The van der Waals surface area contributed by atoms with E-state index in [9.17, 15) is 9.59 Å². The zero-order chi connectivity index (χ0) is 24.4. The molecule has 1 heterocycles. The van der Waals surface area contributed by atoms with E-state index < -0.39 is 11.3 Å². The Morgan fingerprint density at radius 3 is 2.43 bits per heavy atom. The van der Waals surface area contributed by atoms with Gasteiger partial charge in [0.05, 0.1) is 19.3 Å². The number of hydrogen-bond donors (Lipinski definition) is 1. The zero-order valence-electron chi connectivity index (χ0n) is 20.4. The van der Waals surface area contributed by atoms with Gasteiger partial charge in [-0.3, -0.25) is 9.59 Å². The molecule has 2 aromatic rings. The van der Waals surface area contributed by atoms with Gasteiger partial charge in [0, 0.05) is 31.4 Å². The Hall–Kier alpha value is -3.22. The van der Waals surface area contributed by atoms with E-state index in [1.807, 2.05) is 29.2 Å². The highest BCUT2D eigenvalue weighted by Crippen LogP contribution is 2.47. The van der Waals surface area contributed by atoms with Gasteiger partial charge in [0.15, 0.2) is 11.5 Å². The second kappa shape index (κ2) is 9.80. The fraction of sp³-hybridized carbons (Fsp3) is 0.500. The number of piperazine rings is 1. The van der Waals surface area contributed by atoms with E-state index in [4.69, 9.17) is 15.2 Å². The molecule has 0 aromatic heterocycles. The first kappa shape index (κ1) is 23.5. The normalized spacial score (nSPS) is 21.6. The minimum Gasteiger partial charge on any atom is -0.493 e. The van der Waals surface area contributed by atoms with E-state index in [1.165, 1.54) is 18.4 Å². The van der Waals surface area contributed by atoms with Gasteiger partial charge in [-0.2, -0.15) is 0 Å². The lowest BCUT2D eigenvalue weighted by atomic mass is 9.97. The molecular formula is C28H35N3O4. The maximum absolute atomic E-state index is 13.5. The van der Waals surface area contributed by atoms with Crippen molar-refractivity contribution in [1.29, 1.82) is 0 Å². The summed E-state index contributed by atoms with van der Waals surface area (Å²) in [7, 11) is 1.67. The lowest BCUT2D eigenvalue weighted by Crippen LogP contribution is -2.59.